The molecule has 3 rings (SSSR count). The van der Waals surface area contributed by atoms with Gasteiger partial charge in [-0.3, -0.25) is 9.80 Å². The molecule has 0 radical (unpaired) electrons. The van der Waals surface area contributed by atoms with Gasteiger partial charge in [-0.25, -0.2) is 0 Å². The van der Waals surface area contributed by atoms with Crippen molar-refractivity contribution >= 4 is 11.6 Å². The Kier molecular flexibility index (Phi) is 7.71. The molecule has 1 saturated heterocycles. The molecule has 0 aliphatic carbocycles. The number of hydrogen-bond donors (Lipinski definition) is 0. The average Bonchev–Trinajstić information content (AvgIpc) is 2.72. The summed E-state index contributed by atoms with van der Waals surface area (Å²) >= 11 is 6.06. The van der Waals surface area contributed by atoms with E-state index in [1.807, 2.05) is 12.1 Å². The molecule has 0 spiro atoms. The number of halogens is 1. The fourth-order valence-corrected chi connectivity index (χ4v) is 4.03. The van der Waals surface area contributed by atoms with Gasteiger partial charge in [0.25, 0.3) is 0 Å². The fourth-order valence-electron chi connectivity index (χ4n) is 3.91. The highest BCUT2D eigenvalue weighted by Crippen LogP contribution is 2.27. The summed E-state index contributed by atoms with van der Waals surface area (Å²) in [7, 11) is 0. The monoisotopic (exact) mass is 385 g/mol. The molecular weight excluding hydrogens is 354 g/mol. The molecule has 1 heterocycles. The Morgan fingerprint density at radius 2 is 1.67 bits per heavy atom. The first-order chi connectivity index (χ1) is 13.2. The first-order valence-electron chi connectivity index (χ1n) is 10.2. The summed E-state index contributed by atoms with van der Waals surface area (Å²) in [6, 6.07) is 19.7. The maximum Gasteiger partial charge on any atom is 0.0479 e. The zero-order valence-electron chi connectivity index (χ0n) is 16.6. The largest absolute Gasteiger partial charge is 0.303 e. The molecule has 1 atom stereocenters. The molecule has 27 heavy (non-hydrogen) atoms. The van der Waals surface area contributed by atoms with Gasteiger partial charge >= 0.3 is 0 Å². The summed E-state index contributed by atoms with van der Waals surface area (Å²) in [5.74, 6) is 0. The van der Waals surface area contributed by atoms with Crippen LogP contribution in [0.5, 0.6) is 0 Å². The minimum absolute atomic E-state index is 0.437. The minimum Gasteiger partial charge on any atom is -0.303 e. The van der Waals surface area contributed by atoms with Gasteiger partial charge in [-0.2, -0.15) is 0 Å². The van der Waals surface area contributed by atoms with Crippen molar-refractivity contribution in [2.45, 2.75) is 26.4 Å². The Hall–Kier alpha value is -1.39. The molecule has 0 N–H and O–H groups in total. The molecule has 2 aromatic rings. The van der Waals surface area contributed by atoms with E-state index >= 15 is 0 Å². The zero-order valence-corrected chi connectivity index (χ0v) is 17.4. The van der Waals surface area contributed by atoms with Crippen LogP contribution in [0.1, 0.15) is 31.0 Å². The van der Waals surface area contributed by atoms with Crippen LogP contribution in [0.25, 0.3) is 0 Å². The van der Waals surface area contributed by atoms with Crippen molar-refractivity contribution in [2.24, 2.45) is 0 Å². The van der Waals surface area contributed by atoms with Gasteiger partial charge in [0.1, 0.15) is 0 Å². The van der Waals surface area contributed by atoms with E-state index in [1.165, 1.54) is 11.1 Å². The number of hydrogen-bond acceptors (Lipinski definition) is 3. The van der Waals surface area contributed by atoms with Gasteiger partial charge in [-0.05, 0) is 36.3 Å². The lowest BCUT2D eigenvalue weighted by atomic mass is 10.0. The Balaban J connectivity index is 1.69. The molecule has 1 aliphatic rings. The van der Waals surface area contributed by atoms with Crippen LogP contribution >= 0.6 is 11.6 Å². The molecular formula is C23H32ClN3. The van der Waals surface area contributed by atoms with E-state index in [4.69, 9.17) is 11.6 Å². The van der Waals surface area contributed by atoms with Crippen LogP contribution in [0.15, 0.2) is 54.6 Å². The van der Waals surface area contributed by atoms with E-state index in [0.717, 1.165) is 57.4 Å². The molecule has 1 aliphatic heterocycles. The molecule has 1 unspecified atom stereocenters. The highest BCUT2D eigenvalue weighted by molar-refractivity contribution is 6.30. The quantitative estimate of drug-likeness (QED) is 0.660. The average molecular weight is 386 g/mol. The zero-order chi connectivity index (χ0) is 19.1. The summed E-state index contributed by atoms with van der Waals surface area (Å²) in [5.41, 5.74) is 2.75. The first kappa shape index (κ1) is 20.3. The van der Waals surface area contributed by atoms with Crippen LogP contribution in [0.3, 0.4) is 0 Å². The van der Waals surface area contributed by atoms with Gasteiger partial charge < -0.3 is 4.90 Å². The second-order valence-corrected chi connectivity index (χ2v) is 7.79. The Morgan fingerprint density at radius 3 is 2.33 bits per heavy atom. The van der Waals surface area contributed by atoms with E-state index in [2.05, 4.69) is 71.0 Å². The fraction of sp³-hybridized carbons (Fsp3) is 0.478. The summed E-state index contributed by atoms with van der Waals surface area (Å²) < 4.78 is 0. The van der Waals surface area contributed by atoms with E-state index < -0.39 is 0 Å². The van der Waals surface area contributed by atoms with Crippen LogP contribution in [0, 0.1) is 0 Å². The summed E-state index contributed by atoms with van der Waals surface area (Å²) in [5, 5.41) is 0.805. The lowest BCUT2D eigenvalue weighted by Gasteiger charge is -2.42. The van der Waals surface area contributed by atoms with Crippen molar-refractivity contribution in [3.63, 3.8) is 0 Å². The maximum absolute atomic E-state index is 6.06. The molecule has 3 nitrogen and oxygen atoms in total. The van der Waals surface area contributed by atoms with E-state index in [-0.39, 0.29) is 0 Å². The number of likely N-dealkylation sites (N-methyl/N-ethyl adjacent to an activating group) is 1. The SMILES string of the molecule is CCN(CC)CCN1CCN(Cc2ccc(Cl)cc2)C(c2ccccc2)C1. The maximum atomic E-state index is 6.06. The van der Waals surface area contributed by atoms with Gasteiger partial charge in [-0.1, -0.05) is 67.9 Å². The van der Waals surface area contributed by atoms with Gasteiger partial charge in [0.2, 0.25) is 0 Å². The van der Waals surface area contributed by atoms with E-state index in [0.29, 0.717) is 6.04 Å². The van der Waals surface area contributed by atoms with Crippen molar-refractivity contribution in [3.8, 4) is 0 Å². The first-order valence-corrected chi connectivity index (χ1v) is 10.6. The second-order valence-electron chi connectivity index (χ2n) is 7.35. The Bertz CT molecular complexity index is 670. The Labute approximate surface area is 169 Å². The molecule has 1 fully saturated rings. The standard InChI is InChI=1S/C23H32ClN3/c1-3-25(4-2)14-15-26-16-17-27(18-20-10-12-22(24)13-11-20)23(19-26)21-8-6-5-7-9-21/h5-13,23H,3-4,14-19H2,1-2H3. The van der Waals surface area contributed by atoms with Crippen LogP contribution in [-0.2, 0) is 6.54 Å². The third-order valence-corrected chi connectivity index (χ3v) is 5.94. The van der Waals surface area contributed by atoms with Crippen LogP contribution in [-0.4, -0.2) is 60.5 Å². The second kappa shape index (κ2) is 10.2. The predicted molar refractivity (Wildman–Crippen MR) is 115 cm³/mol. The van der Waals surface area contributed by atoms with Crippen LogP contribution in [0.2, 0.25) is 5.02 Å². The lowest BCUT2D eigenvalue weighted by molar-refractivity contribution is 0.0620. The van der Waals surface area contributed by atoms with Gasteiger partial charge in [0.15, 0.2) is 0 Å². The van der Waals surface area contributed by atoms with E-state index in [1.54, 1.807) is 0 Å². The van der Waals surface area contributed by atoms with E-state index in [9.17, 15) is 0 Å². The molecule has 0 saturated carbocycles. The molecule has 4 heteroatoms. The molecule has 2 aromatic carbocycles. The Morgan fingerprint density at radius 1 is 0.963 bits per heavy atom. The van der Waals surface area contributed by atoms with Gasteiger partial charge in [0.05, 0.1) is 0 Å². The smallest absolute Gasteiger partial charge is 0.0479 e. The summed E-state index contributed by atoms with van der Waals surface area (Å²) in [6.07, 6.45) is 0. The van der Waals surface area contributed by atoms with Crippen LogP contribution < -0.4 is 0 Å². The normalized spacial score (nSPS) is 18.9. The lowest BCUT2D eigenvalue weighted by Crippen LogP contribution is -2.49. The molecule has 0 aromatic heterocycles. The highest BCUT2D eigenvalue weighted by Gasteiger charge is 2.28. The molecule has 0 bridgehead atoms. The number of piperazine rings is 1. The predicted octanol–water partition coefficient (Wildman–Crippen LogP) is 4.54. The van der Waals surface area contributed by atoms with Gasteiger partial charge in [-0.15, -0.1) is 0 Å². The topological polar surface area (TPSA) is 9.72 Å². The van der Waals surface area contributed by atoms with Crippen molar-refractivity contribution in [1.29, 1.82) is 0 Å². The van der Waals surface area contributed by atoms with Gasteiger partial charge in [0, 0.05) is 50.3 Å². The number of nitrogens with zero attached hydrogens (tertiary/aromatic N) is 3. The molecule has 0 amide bonds. The molecule has 146 valence electrons. The summed E-state index contributed by atoms with van der Waals surface area (Å²) in [4.78, 5) is 7.76. The van der Waals surface area contributed by atoms with Crippen molar-refractivity contribution in [1.82, 2.24) is 14.7 Å². The highest BCUT2D eigenvalue weighted by atomic mass is 35.5. The van der Waals surface area contributed by atoms with Crippen molar-refractivity contribution < 1.29 is 0 Å². The van der Waals surface area contributed by atoms with Crippen molar-refractivity contribution in [2.75, 3.05) is 45.8 Å². The summed E-state index contributed by atoms with van der Waals surface area (Å²) in [6.45, 7) is 13.4. The number of benzene rings is 2. The van der Waals surface area contributed by atoms with Crippen molar-refractivity contribution in [3.05, 3.63) is 70.7 Å². The van der Waals surface area contributed by atoms with Crippen LogP contribution in [0.4, 0.5) is 0 Å². The third kappa shape index (κ3) is 5.79. The minimum atomic E-state index is 0.437. The number of rotatable bonds is 8. The third-order valence-electron chi connectivity index (χ3n) is 5.69.